The largest absolute Gasteiger partial charge is 0.490 e. The van der Waals surface area contributed by atoms with Crippen LogP contribution >= 0.6 is 0 Å². The van der Waals surface area contributed by atoms with Crippen molar-refractivity contribution in [3.8, 4) is 5.75 Å². The normalized spacial score (nSPS) is 29.7. The highest BCUT2D eigenvalue weighted by Gasteiger charge is 2.37. The summed E-state index contributed by atoms with van der Waals surface area (Å²) >= 11 is 0. The van der Waals surface area contributed by atoms with Gasteiger partial charge in [0, 0.05) is 32.3 Å². The monoisotopic (exact) mass is 344 g/mol. The van der Waals surface area contributed by atoms with Crippen molar-refractivity contribution in [2.45, 2.75) is 62.8 Å². The van der Waals surface area contributed by atoms with Crippen LogP contribution < -0.4 is 10.1 Å². The first-order chi connectivity index (χ1) is 12.2. The lowest BCUT2D eigenvalue weighted by Crippen LogP contribution is -2.48. The summed E-state index contributed by atoms with van der Waals surface area (Å²) < 4.78 is 11.4. The average Bonchev–Trinajstić information content (AvgIpc) is 3.12. The van der Waals surface area contributed by atoms with Gasteiger partial charge in [0.1, 0.15) is 5.75 Å². The maximum absolute atomic E-state index is 12.9. The van der Waals surface area contributed by atoms with Crippen molar-refractivity contribution < 1.29 is 14.3 Å². The van der Waals surface area contributed by atoms with Crippen LogP contribution in [-0.4, -0.2) is 55.3 Å². The van der Waals surface area contributed by atoms with Crippen molar-refractivity contribution in [3.63, 3.8) is 0 Å². The molecular weight excluding hydrogens is 316 g/mol. The maximum atomic E-state index is 12.9. The second-order valence-electron chi connectivity index (χ2n) is 7.53. The Morgan fingerprint density at radius 3 is 2.72 bits per heavy atom. The fraction of sp³-hybridized carbons (Fsp3) is 0.650. The molecule has 5 nitrogen and oxygen atoms in total. The van der Waals surface area contributed by atoms with E-state index in [0.29, 0.717) is 23.8 Å². The molecule has 2 aliphatic carbocycles. The molecule has 1 amide bonds. The van der Waals surface area contributed by atoms with Gasteiger partial charge in [-0.3, -0.25) is 9.69 Å². The number of likely N-dealkylation sites (tertiary alicyclic amines) is 1. The zero-order valence-electron chi connectivity index (χ0n) is 14.9. The maximum Gasteiger partial charge on any atom is 0.255 e. The third-order valence-corrected chi connectivity index (χ3v) is 5.72. The van der Waals surface area contributed by atoms with Crippen LogP contribution in [0.5, 0.6) is 5.75 Å². The first-order valence-corrected chi connectivity index (χ1v) is 9.58. The molecule has 1 aromatic carbocycles. The molecule has 0 aromatic heterocycles. The van der Waals surface area contributed by atoms with E-state index >= 15 is 0 Å². The van der Waals surface area contributed by atoms with Crippen molar-refractivity contribution in [1.29, 1.82) is 0 Å². The van der Waals surface area contributed by atoms with Crippen molar-refractivity contribution in [2.75, 3.05) is 20.2 Å². The minimum Gasteiger partial charge on any atom is -0.490 e. The molecule has 3 aliphatic rings. The van der Waals surface area contributed by atoms with Gasteiger partial charge in [-0.05, 0) is 50.7 Å². The second kappa shape index (κ2) is 7.34. The molecule has 1 saturated heterocycles. The van der Waals surface area contributed by atoms with Gasteiger partial charge in [0.2, 0.25) is 0 Å². The van der Waals surface area contributed by atoms with Crippen LogP contribution in [0.3, 0.4) is 0 Å². The van der Waals surface area contributed by atoms with E-state index in [4.69, 9.17) is 9.47 Å². The molecule has 0 spiro atoms. The van der Waals surface area contributed by atoms with Crippen LogP contribution in [0.25, 0.3) is 0 Å². The summed E-state index contributed by atoms with van der Waals surface area (Å²) in [6.45, 7) is 2.05. The lowest BCUT2D eigenvalue weighted by molar-refractivity contribution is 0.0869. The molecule has 0 bridgehead atoms. The summed E-state index contributed by atoms with van der Waals surface area (Å²) in [7, 11) is 1.79. The summed E-state index contributed by atoms with van der Waals surface area (Å²) in [5.41, 5.74) is 0.663. The quantitative estimate of drug-likeness (QED) is 0.862. The van der Waals surface area contributed by atoms with Crippen LogP contribution in [0.4, 0.5) is 0 Å². The smallest absolute Gasteiger partial charge is 0.255 e. The lowest BCUT2D eigenvalue weighted by atomic mass is 10.1. The number of amides is 1. The first kappa shape index (κ1) is 16.9. The zero-order chi connectivity index (χ0) is 17.2. The van der Waals surface area contributed by atoms with E-state index in [2.05, 4.69) is 10.2 Å². The van der Waals surface area contributed by atoms with Gasteiger partial charge < -0.3 is 14.8 Å². The summed E-state index contributed by atoms with van der Waals surface area (Å²) in [6, 6.07) is 8.27. The predicted octanol–water partition coefficient (Wildman–Crippen LogP) is 2.60. The van der Waals surface area contributed by atoms with Gasteiger partial charge in [0.25, 0.3) is 5.91 Å². The standard InChI is InChI=1S/C20H28N2O3/c1-24-15-11-12-22(13-15)18-7-4-6-17(18)21-20(23)16-5-2-3-8-19(16)25-14-9-10-14/h2-3,5,8,14-15,17-18H,4,6-7,9-13H2,1H3,(H,21,23)/t15?,17-,18+/m1/s1. The molecule has 2 saturated carbocycles. The molecule has 1 N–H and O–H groups in total. The molecule has 1 aliphatic heterocycles. The van der Waals surface area contributed by atoms with Gasteiger partial charge in [-0.2, -0.15) is 0 Å². The van der Waals surface area contributed by atoms with Gasteiger partial charge in [-0.15, -0.1) is 0 Å². The molecule has 0 radical (unpaired) electrons. The van der Waals surface area contributed by atoms with E-state index in [1.165, 1.54) is 6.42 Å². The topological polar surface area (TPSA) is 50.8 Å². The Kier molecular flexibility index (Phi) is 4.95. The molecule has 25 heavy (non-hydrogen) atoms. The summed E-state index contributed by atoms with van der Waals surface area (Å²) in [6.07, 6.45) is 7.29. The highest BCUT2D eigenvalue weighted by Crippen LogP contribution is 2.31. The number of methoxy groups -OCH3 is 1. The Morgan fingerprint density at radius 2 is 1.96 bits per heavy atom. The molecule has 1 unspecified atom stereocenters. The fourth-order valence-electron chi connectivity index (χ4n) is 4.16. The summed E-state index contributed by atoms with van der Waals surface area (Å²) in [5, 5.41) is 3.29. The fourth-order valence-corrected chi connectivity index (χ4v) is 4.16. The first-order valence-electron chi connectivity index (χ1n) is 9.58. The zero-order valence-corrected chi connectivity index (χ0v) is 14.9. The van der Waals surface area contributed by atoms with E-state index in [9.17, 15) is 4.79 Å². The molecule has 1 heterocycles. The highest BCUT2D eigenvalue weighted by molar-refractivity contribution is 5.97. The van der Waals surface area contributed by atoms with Crippen LogP contribution in [-0.2, 0) is 4.74 Å². The molecular formula is C20H28N2O3. The van der Waals surface area contributed by atoms with Gasteiger partial charge in [0.05, 0.1) is 17.8 Å². The van der Waals surface area contributed by atoms with E-state index in [1.54, 1.807) is 7.11 Å². The van der Waals surface area contributed by atoms with Gasteiger partial charge >= 0.3 is 0 Å². The molecule has 1 aromatic rings. The minimum absolute atomic E-state index is 0.00404. The predicted molar refractivity (Wildman–Crippen MR) is 96.0 cm³/mol. The third kappa shape index (κ3) is 3.82. The van der Waals surface area contributed by atoms with Crippen molar-refractivity contribution in [1.82, 2.24) is 10.2 Å². The number of rotatable bonds is 6. The highest BCUT2D eigenvalue weighted by atomic mass is 16.5. The number of hydrogen-bond donors (Lipinski definition) is 1. The van der Waals surface area contributed by atoms with Gasteiger partial charge in [-0.1, -0.05) is 12.1 Å². The van der Waals surface area contributed by atoms with E-state index < -0.39 is 0 Å². The van der Waals surface area contributed by atoms with E-state index in [1.807, 2.05) is 24.3 Å². The summed E-state index contributed by atoms with van der Waals surface area (Å²) in [4.78, 5) is 15.4. The van der Waals surface area contributed by atoms with Gasteiger partial charge in [0.15, 0.2) is 0 Å². The van der Waals surface area contributed by atoms with Crippen LogP contribution in [0.1, 0.15) is 48.9 Å². The SMILES string of the molecule is COC1CCN([C@H]2CCC[C@H]2NC(=O)c2ccccc2OC2CC2)C1. The van der Waals surface area contributed by atoms with Crippen molar-refractivity contribution in [3.05, 3.63) is 29.8 Å². The van der Waals surface area contributed by atoms with Crippen LogP contribution in [0.15, 0.2) is 24.3 Å². The Balaban J connectivity index is 1.41. The number of nitrogens with zero attached hydrogens (tertiary/aromatic N) is 1. The number of ether oxygens (including phenoxy) is 2. The number of nitrogens with one attached hydrogen (secondary N) is 1. The Hall–Kier alpha value is -1.59. The third-order valence-electron chi connectivity index (χ3n) is 5.72. The molecule has 5 heteroatoms. The number of benzene rings is 1. The Bertz CT molecular complexity index is 617. The van der Waals surface area contributed by atoms with Crippen LogP contribution in [0, 0.1) is 0 Å². The Morgan fingerprint density at radius 1 is 1.12 bits per heavy atom. The number of para-hydroxylation sites is 1. The van der Waals surface area contributed by atoms with Crippen LogP contribution in [0.2, 0.25) is 0 Å². The molecule has 136 valence electrons. The van der Waals surface area contributed by atoms with Gasteiger partial charge in [-0.25, -0.2) is 0 Å². The van der Waals surface area contributed by atoms with Crippen molar-refractivity contribution >= 4 is 5.91 Å². The number of hydrogen-bond acceptors (Lipinski definition) is 4. The summed E-state index contributed by atoms with van der Waals surface area (Å²) in [5.74, 6) is 0.716. The second-order valence-corrected chi connectivity index (χ2v) is 7.53. The minimum atomic E-state index is -0.00404. The van der Waals surface area contributed by atoms with E-state index in [0.717, 1.165) is 50.9 Å². The molecule has 3 fully saturated rings. The molecule has 3 atom stereocenters. The van der Waals surface area contributed by atoms with E-state index in [-0.39, 0.29) is 11.9 Å². The van der Waals surface area contributed by atoms with Crippen molar-refractivity contribution in [2.24, 2.45) is 0 Å². The number of carbonyl (C=O) groups is 1. The molecule has 4 rings (SSSR count). The average molecular weight is 344 g/mol. The number of carbonyl (C=O) groups excluding carboxylic acids is 1. The Labute approximate surface area is 149 Å². The lowest BCUT2D eigenvalue weighted by Gasteiger charge is -2.30.